The summed E-state index contributed by atoms with van der Waals surface area (Å²) in [6.07, 6.45) is 0. The van der Waals surface area contributed by atoms with Crippen molar-refractivity contribution in [2.24, 2.45) is 0 Å². The fraction of sp³-hybridized carbons (Fsp3) is 0.333. The van der Waals surface area contributed by atoms with Crippen LogP contribution in [0.1, 0.15) is 22.3 Å². The van der Waals surface area contributed by atoms with Gasteiger partial charge in [-0.15, -0.1) is 23.7 Å². The average molecular weight is 411 g/mol. The lowest BCUT2D eigenvalue weighted by molar-refractivity contribution is 0.0714. The zero-order valence-corrected chi connectivity index (χ0v) is 16.9. The van der Waals surface area contributed by atoms with Crippen LogP contribution < -0.4 is 5.32 Å². The molecule has 1 saturated heterocycles. The molecule has 0 spiro atoms. The van der Waals surface area contributed by atoms with Crippen molar-refractivity contribution in [2.75, 3.05) is 19.6 Å². The minimum atomic E-state index is 0. The third-order valence-electron chi connectivity index (χ3n) is 4.46. The zero-order valence-electron chi connectivity index (χ0n) is 14.5. The second-order valence-corrected chi connectivity index (χ2v) is 7.88. The van der Waals surface area contributed by atoms with E-state index in [1.807, 2.05) is 46.8 Å². The first-order valence-corrected chi connectivity index (χ1v) is 9.50. The van der Waals surface area contributed by atoms with E-state index in [9.17, 15) is 4.79 Å². The predicted octanol–water partition coefficient (Wildman–Crippen LogP) is 3.90. The summed E-state index contributed by atoms with van der Waals surface area (Å²) in [6, 6.07) is 9.90. The fourth-order valence-corrected chi connectivity index (χ4v) is 4.54. The van der Waals surface area contributed by atoms with Crippen LogP contribution in [0, 0.1) is 6.92 Å². The minimum Gasteiger partial charge on any atom is -0.335 e. The number of fused-ring (bicyclic) bond motifs is 1. The lowest BCUT2D eigenvalue weighted by Gasteiger charge is -2.31. The van der Waals surface area contributed by atoms with Gasteiger partial charge in [-0.3, -0.25) is 4.79 Å². The summed E-state index contributed by atoms with van der Waals surface area (Å²) in [4.78, 5) is 16.6. The highest BCUT2D eigenvalue weighted by molar-refractivity contribution is 7.20. The summed E-state index contributed by atoms with van der Waals surface area (Å²) < 4.78 is 1.87. The number of nitrogens with one attached hydrogen (secondary N) is 1. The van der Waals surface area contributed by atoms with Gasteiger partial charge >= 0.3 is 0 Å². The molecule has 1 aromatic carbocycles. The number of thiophene rings is 1. The molecule has 1 fully saturated rings. The topological polar surface area (TPSA) is 50.2 Å². The third kappa shape index (κ3) is 3.47. The number of halogens is 2. The number of benzene rings is 1. The lowest BCUT2D eigenvalue weighted by Crippen LogP contribution is -2.51. The van der Waals surface area contributed by atoms with Crippen molar-refractivity contribution in [3.63, 3.8) is 0 Å². The highest BCUT2D eigenvalue weighted by Gasteiger charge is 2.24. The van der Waals surface area contributed by atoms with Crippen molar-refractivity contribution in [2.45, 2.75) is 19.9 Å². The van der Waals surface area contributed by atoms with Crippen molar-refractivity contribution < 1.29 is 4.79 Å². The van der Waals surface area contributed by atoms with Gasteiger partial charge in [0.2, 0.25) is 0 Å². The van der Waals surface area contributed by atoms with Gasteiger partial charge in [0.25, 0.3) is 5.91 Å². The monoisotopic (exact) mass is 410 g/mol. The molecule has 1 unspecified atom stereocenters. The van der Waals surface area contributed by atoms with Gasteiger partial charge in [0, 0.05) is 36.1 Å². The molecular weight excluding hydrogens is 391 g/mol. The fourth-order valence-electron chi connectivity index (χ4n) is 3.21. The van der Waals surface area contributed by atoms with Crippen LogP contribution >= 0.6 is 35.3 Å². The first-order chi connectivity index (χ1) is 12.0. The molecule has 4 rings (SSSR count). The number of piperazine rings is 1. The van der Waals surface area contributed by atoms with E-state index in [-0.39, 0.29) is 18.3 Å². The van der Waals surface area contributed by atoms with Gasteiger partial charge in [0.15, 0.2) is 0 Å². The molecule has 3 aromatic rings. The molecule has 1 aliphatic rings. The van der Waals surface area contributed by atoms with Gasteiger partial charge in [-0.2, -0.15) is 5.10 Å². The molecule has 8 heteroatoms. The number of carbonyl (C=O) groups is 1. The SMILES string of the molecule is Cc1nn(-c2cccc(Cl)c2)c2sc(C(=O)N3CCNC(C)C3)cc12.Cl. The van der Waals surface area contributed by atoms with Gasteiger partial charge in [-0.05, 0) is 38.1 Å². The lowest BCUT2D eigenvalue weighted by atomic mass is 10.2. The number of aromatic nitrogens is 2. The van der Waals surface area contributed by atoms with Crippen molar-refractivity contribution in [1.82, 2.24) is 20.0 Å². The quantitative estimate of drug-likeness (QED) is 0.696. The smallest absolute Gasteiger partial charge is 0.264 e. The van der Waals surface area contributed by atoms with Crippen LogP contribution in [0.5, 0.6) is 0 Å². The maximum absolute atomic E-state index is 12.9. The Kier molecular flexibility index (Phi) is 5.58. The van der Waals surface area contributed by atoms with Gasteiger partial charge in [-0.1, -0.05) is 17.7 Å². The third-order valence-corrected chi connectivity index (χ3v) is 5.80. The van der Waals surface area contributed by atoms with Gasteiger partial charge in [-0.25, -0.2) is 4.68 Å². The summed E-state index contributed by atoms with van der Waals surface area (Å²) in [6.45, 7) is 6.40. The highest BCUT2D eigenvalue weighted by atomic mass is 35.5. The van der Waals surface area contributed by atoms with Crippen LogP contribution in [0.2, 0.25) is 5.02 Å². The van der Waals surface area contributed by atoms with Gasteiger partial charge < -0.3 is 10.2 Å². The number of hydrogen-bond donors (Lipinski definition) is 1. The summed E-state index contributed by atoms with van der Waals surface area (Å²) in [7, 11) is 0. The molecule has 1 atom stereocenters. The standard InChI is InChI=1S/C18H19ClN4OS.ClH/c1-11-10-22(7-6-20-11)17(24)16-9-15-12(2)21-23(18(15)25-16)14-5-3-4-13(19)8-14;/h3-5,8-9,11,20H,6-7,10H2,1-2H3;1H. The molecular formula is C18H20Cl2N4OS. The summed E-state index contributed by atoms with van der Waals surface area (Å²) >= 11 is 7.61. The molecule has 5 nitrogen and oxygen atoms in total. The van der Waals surface area contributed by atoms with Crippen LogP contribution in [-0.2, 0) is 0 Å². The molecule has 0 aliphatic carbocycles. The number of rotatable bonds is 2. The Hall–Kier alpha value is -1.60. The highest BCUT2D eigenvalue weighted by Crippen LogP contribution is 2.31. The Morgan fingerprint density at radius 2 is 2.19 bits per heavy atom. The van der Waals surface area contributed by atoms with Crippen molar-refractivity contribution >= 4 is 51.5 Å². The largest absolute Gasteiger partial charge is 0.335 e. The van der Waals surface area contributed by atoms with Crippen molar-refractivity contribution in [3.8, 4) is 5.69 Å². The summed E-state index contributed by atoms with van der Waals surface area (Å²) in [5.74, 6) is 0.103. The molecule has 1 amide bonds. The molecule has 2 aromatic heterocycles. The maximum Gasteiger partial charge on any atom is 0.264 e. The Bertz CT molecular complexity index is 952. The Balaban J connectivity index is 0.00000196. The molecule has 0 saturated carbocycles. The van der Waals surface area contributed by atoms with Crippen LogP contribution in [0.15, 0.2) is 30.3 Å². The molecule has 0 radical (unpaired) electrons. The van der Waals surface area contributed by atoms with E-state index in [2.05, 4.69) is 17.3 Å². The van der Waals surface area contributed by atoms with E-state index in [0.717, 1.165) is 46.1 Å². The second kappa shape index (κ2) is 7.56. The molecule has 1 N–H and O–H groups in total. The van der Waals surface area contributed by atoms with Crippen molar-refractivity contribution in [1.29, 1.82) is 0 Å². The van der Waals surface area contributed by atoms with Crippen LogP contribution in [0.3, 0.4) is 0 Å². The first-order valence-electron chi connectivity index (χ1n) is 8.30. The van der Waals surface area contributed by atoms with Crippen LogP contribution in [0.4, 0.5) is 0 Å². The summed E-state index contributed by atoms with van der Waals surface area (Å²) in [5.41, 5.74) is 1.82. The number of aryl methyl sites for hydroxylation is 1. The van der Waals surface area contributed by atoms with E-state index in [0.29, 0.717) is 11.1 Å². The van der Waals surface area contributed by atoms with E-state index in [1.165, 1.54) is 11.3 Å². The van der Waals surface area contributed by atoms with E-state index in [1.54, 1.807) is 0 Å². The van der Waals surface area contributed by atoms with Gasteiger partial charge in [0.1, 0.15) is 4.83 Å². The molecule has 0 bridgehead atoms. The van der Waals surface area contributed by atoms with E-state index < -0.39 is 0 Å². The Morgan fingerprint density at radius 1 is 1.38 bits per heavy atom. The molecule has 138 valence electrons. The zero-order chi connectivity index (χ0) is 17.6. The average Bonchev–Trinajstić information content (AvgIpc) is 3.15. The van der Waals surface area contributed by atoms with Crippen LogP contribution in [-0.4, -0.2) is 46.3 Å². The maximum atomic E-state index is 12.9. The normalized spacial score (nSPS) is 17.3. The Morgan fingerprint density at radius 3 is 2.92 bits per heavy atom. The van der Waals surface area contributed by atoms with E-state index in [4.69, 9.17) is 11.6 Å². The minimum absolute atomic E-state index is 0. The molecule has 1 aliphatic heterocycles. The number of hydrogen-bond acceptors (Lipinski definition) is 4. The predicted molar refractivity (Wildman–Crippen MR) is 109 cm³/mol. The number of amides is 1. The van der Waals surface area contributed by atoms with Gasteiger partial charge in [0.05, 0.1) is 16.3 Å². The molecule has 26 heavy (non-hydrogen) atoms. The number of nitrogens with zero attached hydrogens (tertiary/aromatic N) is 3. The van der Waals surface area contributed by atoms with Crippen LogP contribution in [0.25, 0.3) is 15.9 Å². The van der Waals surface area contributed by atoms with E-state index >= 15 is 0 Å². The Labute approximate surface area is 167 Å². The first kappa shape index (κ1) is 19.2. The molecule has 3 heterocycles. The van der Waals surface area contributed by atoms with Crippen molar-refractivity contribution in [3.05, 3.63) is 45.9 Å². The summed E-state index contributed by atoms with van der Waals surface area (Å²) in [5, 5.41) is 9.68. The number of carbonyl (C=O) groups excluding carboxylic acids is 1. The second-order valence-electron chi connectivity index (χ2n) is 6.41.